The number of nitrogens with one attached hydrogen (secondary N) is 2. The molecule has 0 radical (unpaired) electrons. The third-order valence-corrected chi connectivity index (χ3v) is 4.74. The van der Waals surface area contributed by atoms with E-state index in [0.29, 0.717) is 0 Å². The highest BCUT2D eigenvalue weighted by Gasteiger charge is 2.19. The van der Waals surface area contributed by atoms with Crippen LogP contribution in [0.4, 0.5) is 4.79 Å². The Labute approximate surface area is 147 Å². The third-order valence-electron chi connectivity index (χ3n) is 4.74. The Morgan fingerprint density at radius 1 is 1.21 bits per heavy atom. The smallest absolute Gasteiger partial charge is 0.315 e. The van der Waals surface area contributed by atoms with Crippen molar-refractivity contribution in [2.45, 2.75) is 58.5 Å². The zero-order chi connectivity index (χ0) is 17.4. The molecule has 0 aliphatic carbocycles. The highest BCUT2D eigenvalue weighted by Crippen LogP contribution is 2.15. The van der Waals surface area contributed by atoms with E-state index in [1.54, 1.807) is 0 Å². The Morgan fingerprint density at radius 3 is 2.62 bits per heavy atom. The monoisotopic (exact) mass is 331 g/mol. The lowest BCUT2D eigenvalue weighted by molar-refractivity contribution is 0.169. The number of piperidine rings is 1. The molecule has 3 atom stereocenters. The zero-order valence-corrected chi connectivity index (χ0v) is 15.4. The van der Waals surface area contributed by atoms with Crippen molar-refractivity contribution in [2.24, 2.45) is 5.92 Å². The van der Waals surface area contributed by atoms with Crippen molar-refractivity contribution >= 4 is 6.03 Å². The maximum Gasteiger partial charge on any atom is 0.315 e. The maximum atomic E-state index is 12.1. The highest BCUT2D eigenvalue weighted by atomic mass is 16.2. The minimum Gasteiger partial charge on any atom is -0.336 e. The zero-order valence-electron chi connectivity index (χ0n) is 15.4. The molecule has 0 saturated carbocycles. The number of hydrogen-bond donors (Lipinski definition) is 2. The summed E-state index contributed by atoms with van der Waals surface area (Å²) >= 11 is 0. The molecule has 1 heterocycles. The maximum absolute atomic E-state index is 12.1. The van der Waals surface area contributed by atoms with Crippen LogP contribution in [-0.2, 0) is 6.42 Å². The second-order valence-electron chi connectivity index (χ2n) is 7.45. The van der Waals surface area contributed by atoms with Crippen molar-refractivity contribution in [1.29, 1.82) is 0 Å². The first-order valence-corrected chi connectivity index (χ1v) is 9.36. The molecule has 0 bridgehead atoms. The summed E-state index contributed by atoms with van der Waals surface area (Å²) in [6.45, 7) is 9.72. The van der Waals surface area contributed by atoms with Crippen molar-refractivity contribution in [2.75, 3.05) is 19.6 Å². The highest BCUT2D eigenvalue weighted by molar-refractivity contribution is 5.74. The predicted molar refractivity (Wildman–Crippen MR) is 100 cm³/mol. The van der Waals surface area contributed by atoms with Gasteiger partial charge in [-0.2, -0.15) is 0 Å². The minimum absolute atomic E-state index is 0.0480. The molecule has 2 amide bonds. The second-order valence-corrected chi connectivity index (χ2v) is 7.45. The average Bonchev–Trinajstić information content (AvgIpc) is 2.53. The number of urea groups is 1. The fourth-order valence-electron chi connectivity index (χ4n) is 3.47. The fourth-order valence-corrected chi connectivity index (χ4v) is 3.47. The Balaban J connectivity index is 1.64. The second kappa shape index (κ2) is 9.67. The summed E-state index contributed by atoms with van der Waals surface area (Å²) in [5.74, 6) is 0.776. The van der Waals surface area contributed by atoms with E-state index in [0.717, 1.165) is 38.4 Å². The van der Waals surface area contributed by atoms with Gasteiger partial charge in [0, 0.05) is 25.2 Å². The van der Waals surface area contributed by atoms with E-state index < -0.39 is 0 Å². The first-order chi connectivity index (χ1) is 11.5. The quantitative estimate of drug-likeness (QED) is 0.804. The molecule has 3 unspecified atom stereocenters. The molecular formula is C20H33N3O. The van der Waals surface area contributed by atoms with Crippen LogP contribution in [0.3, 0.4) is 0 Å². The Kier molecular flexibility index (Phi) is 7.57. The number of hydrogen-bond acceptors (Lipinski definition) is 2. The molecule has 1 aromatic rings. The summed E-state index contributed by atoms with van der Waals surface area (Å²) in [7, 11) is 0. The van der Waals surface area contributed by atoms with E-state index in [1.165, 1.54) is 18.4 Å². The van der Waals surface area contributed by atoms with Crippen LogP contribution in [0.15, 0.2) is 30.3 Å². The normalized spacial score (nSPS) is 21.0. The minimum atomic E-state index is -0.0480. The number of likely N-dealkylation sites (tertiary alicyclic amines) is 1. The van der Waals surface area contributed by atoms with Gasteiger partial charge in [0.05, 0.1) is 0 Å². The van der Waals surface area contributed by atoms with Crippen LogP contribution >= 0.6 is 0 Å². The third kappa shape index (κ3) is 6.91. The molecule has 4 heteroatoms. The number of carbonyl (C=O) groups excluding carboxylic acids is 1. The van der Waals surface area contributed by atoms with Gasteiger partial charge in [0.25, 0.3) is 0 Å². The molecule has 0 aromatic heterocycles. The molecule has 4 nitrogen and oxygen atoms in total. The van der Waals surface area contributed by atoms with E-state index in [4.69, 9.17) is 0 Å². The van der Waals surface area contributed by atoms with Gasteiger partial charge < -0.3 is 15.5 Å². The number of aryl methyl sites for hydroxylation is 1. The molecule has 1 fully saturated rings. The van der Waals surface area contributed by atoms with Gasteiger partial charge in [0.15, 0.2) is 0 Å². The lowest BCUT2D eigenvalue weighted by atomic mass is 10.00. The van der Waals surface area contributed by atoms with Gasteiger partial charge in [-0.15, -0.1) is 0 Å². The van der Waals surface area contributed by atoms with Gasteiger partial charge in [0.1, 0.15) is 0 Å². The molecule has 0 spiro atoms. The van der Waals surface area contributed by atoms with Crippen molar-refractivity contribution in [3.8, 4) is 0 Å². The van der Waals surface area contributed by atoms with Gasteiger partial charge in [0.2, 0.25) is 0 Å². The number of nitrogens with zero attached hydrogens (tertiary/aromatic N) is 1. The van der Waals surface area contributed by atoms with Crippen LogP contribution in [0.5, 0.6) is 0 Å². The first kappa shape index (κ1) is 18.8. The van der Waals surface area contributed by atoms with E-state index in [1.807, 2.05) is 6.07 Å². The van der Waals surface area contributed by atoms with E-state index in [-0.39, 0.29) is 18.1 Å². The summed E-state index contributed by atoms with van der Waals surface area (Å²) in [6, 6.07) is 10.7. The van der Waals surface area contributed by atoms with E-state index >= 15 is 0 Å². The summed E-state index contributed by atoms with van der Waals surface area (Å²) < 4.78 is 0. The molecule has 1 saturated heterocycles. The van der Waals surface area contributed by atoms with Gasteiger partial charge >= 0.3 is 6.03 Å². The number of carbonyl (C=O) groups is 1. The Bertz CT molecular complexity index is 491. The summed E-state index contributed by atoms with van der Waals surface area (Å²) in [5, 5.41) is 6.14. The predicted octanol–water partition coefficient (Wildman–Crippen LogP) is 3.43. The summed E-state index contributed by atoms with van der Waals surface area (Å²) in [6.07, 6.45) is 4.55. The summed E-state index contributed by atoms with van der Waals surface area (Å²) in [4.78, 5) is 14.6. The standard InChI is InChI=1S/C20H33N3O/c1-16-8-7-13-23(14-16)15-18(3)22-20(24)21-17(2)11-12-19-9-5-4-6-10-19/h4-6,9-10,16-18H,7-8,11-15H2,1-3H3,(H2,21,22,24). The Morgan fingerprint density at radius 2 is 1.92 bits per heavy atom. The van der Waals surface area contributed by atoms with Crippen molar-refractivity contribution < 1.29 is 4.79 Å². The Hall–Kier alpha value is -1.55. The van der Waals surface area contributed by atoms with Crippen molar-refractivity contribution in [1.82, 2.24) is 15.5 Å². The molecule has 2 rings (SSSR count). The topological polar surface area (TPSA) is 44.4 Å². The van der Waals surface area contributed by atoms with Crippen LogP contribution < -0.4 is 10.6 Å². The number of amides is 2. The lowest BCUT2D eigenvalue weighted by Gasteiger charge is -2.33. The van der Waals surface area contributed by atoms with Gasteiger partial charge in [-0.1, -0.05) is 37.3 Å². The van der Waals surface area contributed by atoms with Crippen LogP contribution in [0.1, 0.15) is 45.6 Å². The van der Waals surface area contributed by atoms with Gasteiger partial charge in [-0.25, -0.2) is 4.79 Å². The summed E-state index contributed by atoms with van der Waals surface area (Å²) in [5.41, 5.74) is 1.32. The number of rotatable bonds is 7. The molecule has 1 aromatic carbocycles. The van der Waals surface area contributed by atoms with E-state index in [9.17, 15) is 4.79 Å². The van der Waals surface area contributed by atoms with Gasteiger partial charge in [-0.3, -0.25) is 0 Å². The van der Waals surface area contributed by atoms with E-state index in [2.05, 4.69) is 60.6 Å². The SMILES string of the molecule is CC1CCCN(CC(C)NC(=O)NC(C)CCc2ccccc2)C1. The molecule has 134 valence electrons. The molecule has 2 N–H and O–H groups in total. The molecular weight excluding hydrogens is 298 g/mol. The van der Waals surface area contributed by atoms with Crippen LogP contribution in [-0.4, -0.2) is 42.6 Å². The van der Waals surface area contributed by atoms with Crippen LogP contribution in [0.2, 0.25) is 0 Å². The lowest BCUT2D eigenvalue weighted by Crippen LogP contribution is -2.49. The van der Waals surface area contributed by atoms with Gasteiger partial charge in [-0.05, 0) is 57.6 Å². The molecule has 1 aliphatic heterocycles. The largest absolute Gasteiger partial charge is 0.336 e. The first-order valence-electron chi connectivity index (χ1n) is 9.36. The van der Waals surface area contributed by atoms with Crippen molar-refractivity contribution in [3.05, 3.63) is 35.9 Å². The number of benzene rings is 1. The average molecular weight is 332 g/mol. The van der Waals surface area contributed by atoms with Crippen molar-refractivity contribution in [3.63, 3.8) is 0 Å². The molecule has 24 heavy (non-hydrogen) atoms. The van der Waals surface area contributed by atoms with Crippen LogP contribution in [0, 0.1) is 5.92 Å². The molecule has 1 aliphatic rings. The van der Waals surface area contributed by atoms with Crippen LogP contribution in [0.25, 0.3) is 0 Å². The fraction of sp³-hybridized carbons (Fsp3) is 0.650.